The summed E-state index contributed by atoms with van der Waals surface area (Å²) < 4.78 is 11.0. The molecule has 0 spiro atoms. The zero-order valence-corrected chi connectivity index (χ0v) is 12.8. The number of hydrogen-bond donors (Lipinski definition) is 0. The Hall–Kier alpha value is -2.11. The third-order valence-corrected chi connectivity index (χ3v) is 4.18. The van der Waals surface area contributed by atoms with E-state index in [0.29, 0.717) is 18.3 Å². The van der Waals surface area contributed by atoms with E-state index in [1.807, 2.05) is 4.90 Å². The van der Waals surface area contributed by atoms with Gasteiger partial charge in [-0.2, -0.15) is 0 Å². The molecule has 0 saturated carbocycles. The van der Waals surface area contributed by atoms with Crippen molar-refractivity contribution in [3.63, 3.8) is 0 Å². The standard InChI is InChI=1S/C16H21N3O3/c1-21-14-15(18-9-8-17-14)22-13-7-10-19(11-13)16(20)12-5-3-2-4-6-12/h2-3,8-9,12-13H,4-7,10-11H2,1H3/t12-,13+/m0/s1. The lowest BCUT2D eigenvalue weighted by molar-refractivity contribution is -0.135. The molecule has 2 aliphatic rings. The first-order valence-corrected chi connectivity index (χ1v) is 7.73. The summed E-state index contributed by atoms with van der Waals surface area (Å²) in [6.07, 6.45) is 11.0. The van der Waals surface area contributed by atoms with Crippen LogP contribution in [0.3, 0.4) is 0 Å². The fraction of sp³-hybridized carbons (Fsp3) is 0.562. The van der Waals surface area contributed by atoms with E-state index in [1.54, 1.807) is 12.4 Å². The Morgan fingerprint density at radius 2 is 2.05 bits per heavy atom. The first-order chi connectivity index (χ1) is 10.8. The summed E-state index contributed by atoms with van der Waals surface area (Å²) in [5.74, 6) is 1.16. The highest BCUT2D eigenvalue weighted by Gasteiger charge is 2.32. The minimum absolute atomic E-state index is 0.0475. The number of hydrogen-bond acceptors (Lipinski definition) is 5. The molecular weight excluding hydrogens is 282 g/mol. The van der Waals surface area contributed by atoms with Gasteiger partial charge in [0.15, 0.2) is 0 Å². The summed E-state index contributed by atoms with van der Waals surface area (Å²) in [6.45, 7) is 1.35. The highest BCUT2D eigenvalue weighted by atomic mass is 16.5. The van der Waals surface area contributed by atoms with Crippen LogP contribution in [0.4, 0.5) is 0 Å². The van der Waals surface area contributed by atoms with Crippen molar-refractivity contribution in [3.05, 3.63) is 24.5 Å². The Morgan fingerprint density at radius 1 is 1.23 bits per heavy atom. The molecule has 0 radical (unpaired) electrons. The van der Waals surface area contributed by atoms with Crippen molar-refractivity contribution in [2.24, 2.45) is 5.92 Å². The van der Waals surface area contributed by atoms with E-state index in [-0.39, 0.29) is 17.9 Å². The largest absolute Gasteiger partial charge is 0.477 e. The molecule has 0 unspecified atom stereocenters. The van der Waals surface area contributed by atoms with Gasteiger partial charge in [-0.25, -0.2) is 9.97 Å². The molecule has 1 saturated heterocycles. The van der Waals surface area contributed by atoms with Crippen molar-refractivity contribution in [3.8, 4) is 11.8 Å². The zero-order valence-electron chi connectivity index (χ0n) is 12.8. The average molecular weight is 303 g/mol. The van der Waals surface area contributed by atoms with Gasteiger partial charge in [0, 0.05) is 31.3 Å². The number of carbonyl (C=O) groups is 1. The van der Waals surface area contributed by atoms with Gasteiger partial charge in [0.25, 0.3) is 11.8 Å². The van der Waals surface area contributed by atoms with Crippen molar-refractivity contribution < 1.29 is 14.3 Å². The molecule has 6 nitrogen and oxygen atoms in total. The topological polar surface area (TPSA) is 64.6 Å². The van der Waals surface area contributed by atoms with Gasteiger partial charge in [-0.05, 0) is 19.3 Å². The van der Waals surface area contributed by atoms with E-state index < -0.39 is 0 Å². The summed E-state index contributed by atoms with van der Waals surface area (Å²) in [5.41, 5.74) is 0. The maximum atomic E-state index is 12.5. The number of ether oxygens (including phenoxy) is 2. The first-order valence-electron chi connectivity index (χ1n) is 7.73. The van der Waals surface area contributed by atoms with Crippen LogP contribution in [0.15, 0.2) is 24.5 Å². The van der Waals surface area contributed by atoms with E-state index in [2.05, 4.69) is 22.1 Å². The van der Waals surface area contributed by atoms with Gasteiger partial charge in [-0.15, -0.1) is 0 Å². The molecule has 1 amide bonds. The predicted molar refractivity (Wildman–Crippen MR) is 80.7 cm³/mol. The molecule has 0 N–H and O–H groups in total. The molecule has 3 rings (SSSR count). The van der Waals surface area contributed by atoms with Gasteiger partial charge in [-0.3, -0.25) is 4.79 Å². The van der Waals surface area contributed by atoms with E-state index >= 15 is 0 Å². The molecule has 2 heterocycles. The van der Waals surface area contributed by atoms with Crippen LogP contribution in [0.25, 0.3) is 0 Å². The molecule has 1 aliphatic heterocycles. The molecule has 6 heteroatoms. The van der Waals surface area contributed by atoms with Crippen LogP contribution >= 0.6 is 0 Å². The molecule has 0 aromatic carbocycles. The van der Waals surface area contributed by atoms with Gasteiger partial charge in [0.2, 0.25) is 5.91 Å². The molecule has 1 aromatic heterocycles. The van der Waals surface area contributed by atoms with Gasteiger partial charge in [0.1, 0.15) is 6.10 Å². The number of nitrogens with zero attached hydrogens (tertiary/aromatic N) is 3. The summed E-state index contributed by atoms with van der Waals surface area (Å²) in [4.78, 5) is 22.6. The molecule has 0 bridgehead atoms. The first kappa shape index (κ1) is 14.8. The zero-order chi connectivity index (χ0) is 15.4. The summed E-state index contributed by atoms with van der Waals surface area (Å²) >= 11 is 0. The normalized spacial score (nSPS) is 24.3. The minimum Gasteiger partial charge on any atom is -0.477 e. The highest BCUT2D eigenvalue weighted by Crippen LogP contribution is 2.26. The van der Waals surface area contributed by atoms with E-state index in [4.69, 9.17) is 9.47 Å². The van der Waals surface area contributed by atoms with Gasteiger partial charge < -0.3 is 14.4 Å². The SMILES string of the molecule is COc1nccnc1O[C@@H]1CCN(C(=O)[C@H]2CC=CCC2)C1. The van der Waals surface area contributed by atoms with Crippen LogP contribution in [-0.2, 0) is 4.79 Å². The third-order valence-electron chi connectivity index (χ3n) is 4.18. The Balaban J connectivity index is 1.58. The van der Waals surface area contributed by atoms with Crippen molar-refractivity contribution >= 4 is 5.91 Å². The van der Waals surface area contributed by atoms with Gasteiger partial charge in [0.05, 0.1) is 13.7 Å². The van der Waals surface area contributed by atoms with Crippen LogP contribution in [0.2, 0.25) is 0 Å². The summed E-state index contributed by atoms with van der Waals surface area (Å²) in [5, 5.41) is 0. The number of aromatic nitrogens is 2. The Morgan fingerprint density at radius 3 is 2.77 bits per heavy atom. The molecule has 118 valence electrons. The van der Waals surface area contributed by atoms with E-state index in [9.17, 15) is 4.79 Å². The monoisotopic (exact) mass is 303 g/mol. The Kier molecular flexibility index (Phi) is 4.56. The number of carbonyl (C=O) groups excluding carboxylic acids is 1. The second-order valence-electron chi connectivity index (χ2n) is 5.66. The van der Waals surface area contributed by atoms with Crippen LogP contribution in [-0.4, -0.2) is 47.1 Å². The van der Waals surface area contributed by atoms with Crippen LogP contribution in [0, 0.1) is 5.92 Å². The predicted octanol–water partition coefficient (Wildman–Crippen LogP) is 1.82. The number of allylic oxidation sites excluding steroid dienone is 2. The van der Waals surface area contributed by atoms with Crippen molar-refractivity contribution in [2.75, 3.05) is 20.2 Å². The Bertz CT molecular complexity index is 561. The van der Waals surface area contributed by atoms with Crippen LogP contribution in [0.5, 0.6) is 11.8 Å². The molecular formula is C16H21N3O3. The lowest BCUT2D eigenvalue weighted by Crippen LogP contribution is -2.36. The van der Waals surface area contributed by atoms with Gasteiger partial charge in [-0.1, -0.05) is 12.2 Å². The number of likely N-dealkylation sites (tertiary alicyclic amines) is 1. The fourth-order valence-electron chi connectivity index (χ4n) is 2.99. The van der Waals surface area contributed by atoms with E-state index in [1.165, 1.54) is 7.11 Å². The average Bonchev–Trinajstić information content (AvgIpc) is 3.04. The maximum absolute atomic E-state index is 12.5. The van der Waals surface area contributed by atoms with Crippen LogP contribution in [0.1, 0.15) is 25.7 Å². The molecule has 22 heavy (non-hydrogen) atoms. The lowest BCUT2D eigenvalue weighted by Gasteiger charge is -2.24. The number of amides is 1. The van der Waals surface area contributed by atoms with Crippen molar-refractivity contribution in [2.45, 2.75) is 31.8 Å². The number of rotatable bonds is 4. The molecule has 1 aromatic rings. The van der Waals surface area contributed by atoms with E-state index in [0.717, 1.165) is 32.2 Å². The van der Waals surface area contributed by atoms with Crippen LogP contribution < -0.4 is 9.47 Å². The quantitative estimate of drug-likeness (QED) is 0.794. The lowest BCUT2D eigenvalue weighted by atomic mass is 9.93. The Labute approximate surface area is 130 Å². The van der Waals surface area contributed by atoms with Crippen molar-refractivity contribution in [1.82, 2.24) is 14.9 Å². The third kappa shape index (κ3) is 3.21. The smallest absolute Gasteiger partial charge is 0.278 e. The molecule has 1 fully saturated rings. The highest BCUT2D eigenvalue weighted by molar-refractivity contribution is 5.79. The van der Waals surface area contributed by atoms with Gasteiger partial charge >= 0.3 is 0 Å². The molecule has 1 aliphatic carbocycles. The summed E-state index contributed by atoms with van der Waals surface area (Å²) in [6, 6.07) is 0. The minimum atomic E-state index is -0.0475. The molecule has 2 atom stereocenters. The second-order valence-corrected chi connectivity index (χ2v) is 5.66. The number of methoxy groups -OCH3 is 1. The fourth-order valence-corrected chi connectivity index (χ4v) is 2.99. The second kappa shape index (κ2) is 6.77. The maximum Gasteiger partial charge on any atom is 0.278 e. The van der Waals surface area contributed by atoms with Crippen molar-refractivity contribution in [1.29, 1.82) is 0 Å². The summed E-state index contributed by atoms with van der Waals surface area (Å²) in [7, 11) is 1.54.